The molecule has 1 amide bonds. The Morgan fingerprint density at radius 1 is 1.12 bits per heavy atom. The smallest absolute Gasteiger partial charge is 0.328 e. The van der Waals surface area contributed by atoms with E-state index < -0.39 is 23.0 Å². The molecule has 2 N–H and O–H groups in total. The zero-order valence-electron chi connectivity index (χ0n) is 25.6. The highest BCUT2D eigenvalue weighted by Crippen LogP contribution is 2.34. The van der Waals surface area contributed by atoms with E-state index in [4.69, 9.17) is 4.74 Å². The zero-order valence-corrected chi connectivity index (χ0v) is 25.6. The van der Waals surface area contributed by atoms with Crippen molar-refractivity contribution in [3.05, 3.63) is 52.1 Å². The molecule has 42 heavy (non-hydrogen) atoms. The third-order valence-corrected chi connectivity index (χ3v) is 7.86. The highest BCUT2D eigenvalue weighted by molar-refractivity contribution is 5.84. The maximum Gasteiger partial charge on any atom is 0.328 e. The average molecular weight is 587 g/mol. The minimum Gasteiger partial charge on any atom is -0.459 e. The lowest BCUT2D eigenvalue weighted by Crippen LogP contribution is -2.42. The van der Waals surface area contributed by atoms with Gasteiger partial charge in [0.1, 0.15) is 18.4 Å². The Hall–Kier alpha value is -3.07. The van der Waals surface area contributed by atoms with Crippen molar-refractivity contribution >= 4 is 23.3 Å². The number of ketones is 1. The summed E-state index contributed by atoms with van der Waals surface area (Å²) in [7, 11) is 0. The van der Waals surface area contributed by atoms with Gasteiger partial charge in [-0.05, 0) is 61.6 Å². The zero-order chi connectivity index (χ0) is 30.9. The number of allylic oxidation sites excluding steroid dienone is 1. The second kappa shape index (κ2) is 19.2. The number of amides is 1. The van der Waals surface area contributed by atoms with Gasteiger partial charge in [0, 0.05) is 30.9 Å². The SMILES string of the molecule is CCCCC[C@H](O)/C=C/[C@H]1CCC(=O)[C@@H]1CCCCCCC(=O)N[C@H](CC(C)C)C(=O)OCc1ccc([N+](=O)[O-])cc1. The molecule has 1 aromatic rings. The Labute approximate surface area is 250 Å². The molecule has 0 spiro atoms. The lowest BCUT2D eigenvalue weighted by Gasteiger charge is -2.19. The predicted octanol–water partition coefficient (Wildman–Crippen LogP) is 6.60. The third-order valence-electron chi connectivity index (χ3n) is 7.86. The number of nitro groups is 1. The van der Waals surface area contributed by atoms with Crippen molar-refractivity contribution in [2.45, 2.75) is 123 Å². The van der Waals surface area contributed by atoms with Crippen LogP contribution in [0.3, 0.4) is 0 Å². The van der Waals surface area contributed by atoms with E-state index in [0.717, 1.165) is 57.8 Å². The molecule has 0 aromatic heterocycles. The van der Waals surface area contributed by atoms with E-state index >= 15 is 0 Å². The maximum absolute atomic E-state index is 12.7. The lowest BCUT2D eigenvalue weighted by molar-refractivity contribution is -0.384. The van der Waals surface area contributed by atoms with Gasteiger partial charge < -0.3 is 15.2 Å². The van der Waals surface area contributed by atoms with Crippen LogP contribution in [-0.4, -0.2) is 39.8 Å². The monoisotopic (exact) mass is 586 g/mol. The fourth-order valence-corrected chi connectivity index (χ4v) is 5.43. The van der Waals surface area contributed by atoms with Crippen LogP contribution in [0.1, 0.15) is 110 Å². The molecular formula is C33H50N2O7. The third kappa shape index (κ3) is 13.3. The van der Waals surface area contributed by atoms with Crippen LogP contribution in [0.15, 0.2) is 36.4 Å². The highest BCUT2D eigenvalue weighted by Gasteiger charge is 2.32. The number of unbranched alkanes of at least 4 members (excludes halogenated alkanes) is 5. The summed E-state index contributed by atoms with van der Waals surface area (Å²) in [6.07, 6.45) is 14.0. The summed E-state index contributed by atoms with van der Waals surface area (Å²) in [6.45, 7) is 6.05. The normalized spacial score (nSPS) is 18.4. The molecule has 1 saturated carbocycles. The van der Waals surface area contributed by atoms with E-state index in [0.29, 0.717) is 37.0 Å². The molecule has 0 unspecified atom stereocenters. The summed E-state index contributed by atoms with van der Waals surface area (Å²) in [6, 6.07) is 5.06. The number of esters is 1. The van der Waals surface area contributed by atoms with Crippen LogP contribution in [-0.2, 0) is 25.7 Å². The number of benzene rings is 1. The first-order chi connectivity index (χ1) is 20.1. The van der Waals surface area contributed by atoms with Crippen LogP contribution < -0.4 is 5.32 Å². The summed E-state index contributed by atoms with van der Waals surface area (Å²) < 4.78 is 5.40. The van der Waals surface area contributed by atoms with E-state index in [-0.39, 0.29) is 36.0 Å². The second-order valence-electron chi connectivity index (χ2n) is 12.0. The minimum absolute atomic E-state index is 0.0268. The second-order valence-corrected chi connectivity index (χ2v) is 12.0. The topological polar surface area (TPSA) is 136 Å². The molecule has 1 aromatic carbocycles. The van der Waals surface area contributed by atoms with Crippen molar-refractivity contribution in [3.8, 4) is 0 Å². The van der Waals surface area contributed by atoms with Crippen LogP contribution >= 0.6 is 0 Å². The molecule has 234 valence electrons. The van der Waals surface area contributed by atoms with Crippen molar-refractivity contribution in [1.29, 1.82) is 0 Å². The number of carbonyl (C=O) groups is 3. The van der Waals surface area contributed by atoms with Gasteiger partial charge in [-0.1, -0.05) is 71.4 Å². The van der Waals surface area contributed by atoms with E-state index in [1.54, 1.807) is 12.1 Å². The molecule has 1 fully saturated rings. The number of non-ortho nitro benzene ring substituents is 1. The van der Waals surface area contributed by atoms with Gasteiger partial charge in [0.2, 0.25) is 5.91 Å². The number of aliphatic hydroxyl groups excluding tert-OH is 1. The fourth-order valence-electron chi connectivity index (χ4n) is 5.43. The average Bonchev–Trinajstić information content (AvgIpc) is 3.30. The number of hydrogen-bond acceptors (Lipinski definition) is 7. The first kappa shape index (κ1) is 35.1. The van der Waals surface area contributed by atoms with Gasteiger partial charge in [0.25, 0.3) is 5.69 Å². The predicted molar refractivity (Wildman–Crippen MR) is 162 cm³/mol. The molecule has 4 atom stereocenters. The molecule has 0 bridgehead atoms. The number of nitro benzene ring substituents is 1. The number of carbonyl (C=O) groups excluding carboxylic acids is 3. The van der Waals surface area contributed by atoms with Crippen LogP contribution in [0.5, 0.6) is 0 Å². The minimum atomic E-state index is -0.751. The van der Waals surface area contributed by atoms with E-state index in [2.05, 4.69) is 18.3 Å². The highest BCUT2D eigenvalue weighted by atomic mass is 16.6. The number of Topliss-reactive ketones (excluding diaryl/α,β-unsaturated/α-hetero) is 1. The van der Waals surface area contributed by atoms with Gasteiger partial charge in [-0.25, -0.2) is 4.79 Å². The number of nitrogens with one attached hydrogen (secondary N) is 1. The van der Waals surface area contributed by atoms with Gasteiger partial charge in [0.15, 0.2) is 0 Å². The summed E-state index contributed by atoms with van der Waals surface area (Å²) in [5.74, 6) is 0.0170. The molecule has 0 radical (unpaired) electrons. The van der Waals surface area contributed by atoms with E-state index in [9.17, 15) is 29.6 Å². The van der Waals surface area contributed by atoms with E-state index in [1.165, 1.54) is 12.1 Å². The quantitative estimate of drug-likeness (QED) is 0.0577. The van der Waals surface area contributed by atoms with Crippen LogP contribution in [0.25, 0.3) is 0 Å². The molecule has 0 aliphatic heterocycles. The molecular weight excluding hydrogens is 536 g/mol. The summed E-state index contributed by atoms with van der Waals surface area (Å²) >= 11 is 0. The Balaban J connectivity index is 1.70. The van der Waals surface area contributed by atoms with Crippen LogP contribution in [0.4, 0.5) is 5.69 Å². The Kier molecular flexibility index (Phi) is 16.0. The van der Waals surface area contributed by atoms with Crippen molar-refractivity contribution in [2.75, 3.05) is 0 Å². The summed E-state index contributed by atoms with van der Waals surface area (Å²) in [4.78, 5) is 48.1. The fraction of sp³-hybridized carbons (Fsp3) is 0.667. The summed E-state index contributed by atoms with van der Waals surface area (Å²) in [5.41, 5.74) is 0.595. The van der Waals surface area contributed by atoms with Crippen molar-refractivity contribution in [2.24, 2.45) is 17.8 Å². The van der Waals surface area contributed by atoms with Crippen LogP contribution in [0.2, 0.25) is 0 Å². The number of ether oxygens (including phenoxy) is 1. The standard InChI is InChI=1S/C33H50N2O7/c1-4-5-8-11-28(36)20-16-26-17-21-31(37)29(26)12-9-6-7-10-13-32(38)34-30(22-24(2)3)33(39)42-23-25-14-18-27(19-15-25)35(40)41/h14-16,18-20,24,26,28-30,36H,4-13,17,21-23H2,1-3H3,(H,34,38)/b20-16+/t26-,28-,29+,30+/m0/s1. The molecule has 1 aliphatic carbocycles. The number of aliphatic hydroxyl groups is 1. The first-order valence-corrected chi connectivity index (χ1v) is 15.7. The van der Waals surface area contributed by atoms with Gasteiger partial charge in [0.05, 0.1) is 11.0 Å². The van der Waals surface area contributed by atoms with Gasteiger partial charge in [-0.3, -0.25) is 19.7 Å². The van der Waals surface area contributed by atoms with Crippen LogP contribution in [0, 0.1) is 27.9 Å². The van der Waals surface area contributed by atoms with Crippen molar-refractivity contribution in [1.82, 2.24) is 5.32 Å². The molecule has 9 nitrogen and oxygen atoms in total. The van der Waals surface area contributed by atoms with Gasteiger partial charge in [-0.2, -0.15) is 0 Å². The van der Waals surface area contributed by atoms with E-state index in [1.807, 2.05) is 19.9 Å². The Morgan fingerprint density at radius 3 is 2.50 bits per heavy atom. The summed E-state index contributed by atoms with van der Waals surface area (Å²) in [5, 5.41) is 23.8. The van der Waals surface area contributed by atoms with Gasteiger partial charge >= 0.3 is 5.97 Å². The molecule has 0 heterocycles. The number of nitrogens with zero attached hydrogens (tertiary/aromatic N) is 1. The van der Waals surface area contributed by atoms with Crippen molar-refractivity contribution < 1.29 is 29.2 Å². The molecule has 9 heteroatoms. The Morgan fingerprint density at radius 2 is 1.83 bits per heavy atom. The molecule has 2 rings (SSSR count). The number of rotatable bonds is 20. The first-order valence-electron chi connectivity index (χ1n) is 15.7. The van der Waals surface area contributed by atoms with Gasteiger partial charge in [-0.15, -0.1) is 0 Å². The molecule has 1 aliphatic rings. The largest absolute Gasteiger partial charge is 0.459 e. The van der Waals surface area contributed by atoms with Crippen molar-refractivity contribution in [3.63, 3.8) is 0 Å². The maximum atomic E-state index is 12.7. The molecule has 0 saturated heterocycles. The number of hydrogen-bond donors (Lipinski definition) is 2. The Bertz CT molecular complexity index is 1020. The lowest BCUT2D eigenvalue weighted by atomic mass is 9.89.